The molecule has 3 aromatic rings. The quantitative estimate of drug-likeness (QED) is 0.588. The van der Waals surface area contributed by atoms with E-state index in [0.717, 1.165) is 16.7 Å². The molecule has 0 saturated heterocycles. The standard InChI is InChI=1S/C25H30O3Si/c1-25(2,3)29(23-10-6-4-7-11-23,24-12-8-5-9-13-24)28-19-22-15-20(17-26)14-21(16-22)18-27/h4-16,26-27H,17-19H2,1-3H3. The zero-order valence-electron chi connectivity index (χ0n) is 17.4. The van der Waals surface area contributed by atoms with Crippen molar-refractivity contribution < 1.29 is 14.6 Å². The molecule has 29 heavy (non-hydrogen) atoms. The van der Waals surface area contributed by atoms with E-state index in [0.29, 0.717) is 6.61 Å². The average Bonchev–Trinajstić information content (AvgIpc) is 2.74. The lowest BCUT2D eigenvalue weighted by molar-refractivity contribution is 0.270. The molecule has 0 spiro atoms. The van der Waals surface area contributed by atoms with Crippen molar-refractivity contribution >= 4 is 18.7 Å². The smallest absolute Gasteiger partial charge is 0.261 e. The van der Waals surface area contributed by atoms with Gasteiger partial charge in [0.15, 0.2) is 0 Å². The van der Waals surface area contributed by atoms with Crippen LogP contribution in [-0.2, 0) is 24.2 Å². The lowest BCUT2D eigenvalue weighted by Crippen LogP contribution is -2.66. The Bertz CT molecular complexity index is 856. The van der Waals surface area contributed by atoms with Crippen molar-refractivity contribution in [3.63, 3.8) is 0 Å². The maximum Gasteiger partial charge on any atom is 0.261 e. The summed E-state index contributed by atoms with van der Waals surface area (Å²) in [4.78, 5) is 0. The van der Waals surface area contributed by atoms with E-state index in [1.165, 1.54) is 10.4 Å². The molecule has 0 amide bonds. The second-order valence-corrected chi connectivity index (χ2v) is 12.7. The highest BCUT2D eigenvalue weighted by molar-refractivity contribution is 6.99. The van der Waals surface area contributed by atoms with Crippen molar-refractivity contribution in [3.8, 4) is 0 Å². The van der Waals surface area contributed by atoms with Gasteiger partial charge in [-0.25, -0.2) is 0 Å². The summed E-state index contributed by atoms with van der Waals surface area (Å²) in [6.45, 7) is 7.07. The molecule has 152 valence electrons. The van der Waals surface area contributed by atoms with Crippen molar-refractivity contribution in [1.82, 2.24) is 0 Å². The van der Waals surface area contributed by atoms with Gasteiger partial charge in [0, 0.05) is 0 Å². The molecule has 0 fully saturated rings. The maximum atomic E-state index is 9.58. The highest BCUT2D eigenvalue weighted by atomic mass is 28.4. The van der Waals surface area contributed by atoms with E-state index < -0.39 is 8.32 Å². The molecule has 4 heteroatoms. The monoisotopic (exact) mass is 406 g/mol. The fourth-order valence-corrected chi connectivity index (χ4v) is 8.60. The highest BCUT2D eigenvalue weighted by Crippen LogP contribution is 2.37. The first-order valence-corrected chi connectivity index (χ1v) is 11.9. The Morgan fingerprint density at radius 1 is 0.690 bits per heavy atom. The van der Waals surface area contributed by atoms with Crippen LogP contribution in [0, 0.1) is 0 Å². The van der Waals surface area contributed by atoms with E-state index in [4.69, 9.17) is 4.43 Å². The molecule has 0 bridgehead atoms. The van der Waals surface area contributed by atoms with Crippen LogP contribution in [0.1, 0.15) is 37.5 Å². The minimum Gasteiger partial charge on any atom is -0.403 e. The van der Waals surface area contributed by atoms with Gasteiger partial charge in [-0.15, -0.1) is 0 Å². The SMILES string of the molecule is CC(C)(C)[Si](OCc1cc(CO)cc(CO)c1)(c1ccccc1)c1ccccc1. The molecule has 0 aliphatic rings. The fourth-order valence-electron chi connectivity index (χ4n) is 4.06. The predicted molar refractivity (Wildman–Crippen MR) is 121 cm³/mol. The maximum absolute atomic E-state index is 9.58. The molecule has 0 aromatic heterocycles. The molecule has 0 saturated carbocycles. The molecule has 0 heterocycles. The van der Waals surface area contributed by atoms with E-state index >= 15 is 0 Å². The molecule has 0 atom stereocenters. The Morgan fingerprint density at radius 3 is 1.48 bits per heavy atom. The summed E-state index contributed by atoms with van der Waals surface area (Å²) in [5, 5.41) is 21.5. The van der Waals surface area contributed by atoms with Gasteiger partial charge in [0.05, 0.1) is 19.8 Å². The number of hydrogen-bond acceptors (Lipinski definition) is 3. The molecule has 3 aromatic carbocycles. The first kappa shape index (κ1) is 21.5. The van der Waals surface area contributed by atoms with Gasteiger partial charge in [0.25, 0.3) is 8.32 Å². The second-order valence-electron chi connectivity index (χ2n) is 8.43. The van der Waals surface area contributed by atoms with Crippen LogP contribution in [0.4, 0.5) is 0 Å². The van der Waals surface area contributed by atoms with Crippen molar-refractivity contribution in [2.75, 3.05) is 0 Å². The Labute approximate surface area is 174 Å². The first-order chi connectivity index (χ1) is 13.9. The summed E-state index contributed by atoms with van der Waals surface area (Å²) in [7, 11) is -2.61. The predicted octanol–water partition coefficient (Wildman–Crippen LogP) is 3.75. The minimum absolute atomic E-state index is 0.0555. The molecule has 3 nitrogen and oxygen atoms in total. The molecular weight excluding hydrogens is 376 g/mol. The zero-order chi connectivity index (χ0) is 20.9. The van der Waals surface area contributed by atoms with Crippen LogP contribution >= 0.6 is 0 Å². The lowest BCUT2D eigenvalue weighted by Gasteiger charge is -2.43. The van der Waals surface area contributed by atoms with Crippen molar-refractivity contribution in [3.05, 3.63) is 95.6 Å². The van der Waals surface area contributed by atoms with Crippen LogP contribution in [0.15, 0.2) is 78.9 Å². The van der Waals surface area contributed by atoms with E-state index in [1.807, 2.05) is 30.3 Å². The van der Waals surface area contributed by atoms with Crippen LogP contribution in [0.25, 0.3) is 0 Å². The van der Waals surface area contributed by atoms with Gasteiger partial charge in [0.2, 0.25) is 0 Å². The highest BCUT2D eigenvalue weighted by Gasteiger charge is 2.50. The van der Waals surface area contributed by atoms with Gasteiger partial charge in [-0.3, -0.25) is 0 Å². The Balaban J connectivity index is 2.09. The van der Waals surface area contributed by atoms with Gasteiger partial charge in [-0.2, -0.15) is 0 Å². The van der Waals surface area contributed by atoms with Crippen molar-refractivity contribution in [1.29, 1.82) is 0 Å². The molecule has 0 aliphatic heterocycles. The topological polar surface area (TPSA) is 49.7 Å². The summed E-state index contributed by atoms with van der Waals surface area (Å²) in [5.74, 6) is 0. The molecule has 0 unspecified atom stereocenters. The third-order valence-corrected chi connectivity index (χ3v) is 10.3. The number of aliphatic hydroxyl groups is 2. The Kier molecular flexibility index (Phi) is 6.70. The molecular formula is C25H30O3Si. The van der Waals surface area contributed by atoms with Gasteiger partial charge in [-0.05, 0) is 32.1 Å². The van der Waals surface area contributed by atoms with Gasteiger partial charge < -0.3 is 14.6 Å². The normalized spacial score (nSPS) is 12.2. The Morgan fingerprint density at radius 2 is 1.10 bits per heavy atom. The summed E-state index contributed by atoms with van der Waals surface area (Å²) < 4.78 is 6.93. The molecule has 2 N–H and O–H groups in total. The summed E-state index contributed by atoms with van der Waals surface area (Å²) >= 11 is 0. The van der Waals surface area contributed by atoms with E-state index in [-0.39, 0.29) is 18.3 Å². The van der Waals surface area contributed by atoms with Crippen LogP contribution in [0.2, 0.25) is 5.04 Å². The van der Waals surface area contributed by atoms with E-state index in [9.17, 15) is 10.2 Å². The number of benzene rings is 3. The molecule has 3 rings (SSSR count). The van der Waals surface area contributed by atoms with Crippen molar-refractivity contribution in [2.45, 2.75) is 45.6 Å². The van der Waals surface area contributed by atoms with Crippen LogP contribution in [-0.4, -0.2) is 18.5 Å². The minimum atomic E-state index is -2.61. The van der Waals surface area contributed by atoms with Crippen LogP contribution in [0.3, 0.4) is 0 Å². The largest absolute Gasteiger partial charge is 0.403 e. The molecule has 0 aliphatic carbocycles. The average molecular weight is 407 g/mol. The summed E-state index contributed by atoms with van der Waals surface area (Å²) in [5.41, 5.74) is 2.55. The third-order valence-electron chi connectivity index (χ3n) is 5.35. The van der Waals surface area contributed by atoms with Crippen LogP contribution in [0.5, 0.6) is 0 Å². The molecule has 0 radical (unpaired) electrons. The van der Waals surface area contributed by atoms with Crippen molar-refractivity contribution in [2.24, 2.45) is 0 Å². The first-order valence-electron chi connectivity index (χ1n) is 9.99. The Hall–Kier alpha value is -2.24. The van der Waals surface area contributed by atoms with Gasteiger partial charge in [-0.1, -0.05) is 99.6 Å². The third kappa shape index (κ3) is 4.51. The van der Waals surface area contributed by atoms with E-state index in [2.05, 4.69) is 69.3 Å². The number of rotatable bonds is 7. The number of aliphatic hydroxyl groups excluding tert-OH is 2. The summed E-state index contributed by atoms with van der Waals surface area (Å²) in [6.07, 6.45) is 0. The fraction of sp³-hybridized carbons (Fsp3) is 0.280. The summed E-state index contributed by atoms with van der Waals surface area (Å²) in [6, 6.07) is 26.8. The zero-order valence-corrected chi connectivity index (χ0v) is 18.4. The van der Waals surface area contributed by atoms with E-state index in [1.54, 1.807) is 0 Å². The van der Waals surface area contributed by atoms with Gasteiger partial charge in [0.1, 0.15) is 0 Å². The van der Waals surface area contributed by atoms with Gasteiger partial charge >= 0.3 is 0 Å². The van der Waals surface area contributed by atoms with Crippen LogP contribution < -0.4 is 10.4 Å². The second kappa shape index (κ2) is 9.05. The number of hydrogen-bond donors (Lipinski definition) is 2. The lowest BCUT2D eigenvalue weighted by atomic mass is 10.1.